The van der Waals surface area contributed by atoms with Crippen LogP contribution in [-0.4, -0.2) is 41.6 Å². The van der Waals surface area contributed by atoms with Gasteiger partial charge in [-0.25, -0.2) is 0 Å². The Hall–Kier alpha value is -1.27. The van der Waals surface area contributed by atoms with Crippen LogP contribution in [0.1, 0.15) is 75.2 Å². The minimum absolute atomic E-state index is 0.132. The van der Waals surface area contributed by atoms with Gasteiger partial charge in [0.05, 0.1) is 5.41 Å². The highest BCUT2D eigenvalue weighted by Crippen LogP contribution is 2.25. The molecule has 0 aromatic heterocycles. The second-order valence-corrected chi connectivity index (χ2v) is 7.79. The summed E-state index contributed by atoms with van der Waals surface area (Å²) in [4.78, 5) is 36.4. The van der Waals surface area contributed by atoms with Gasteiger partial charge in [0.25, 0.3) is 0 Å². The Balaban J connectivity index is 4.97. The molecule has 0 fully saturated rings. The van der Waals surface area contributed by atoms with Crippen molar-refractivity contribution in [3.8, 4) is 0 Å². The Bertz CT molecular complexity index is 493. The number of Topliss-reactive ketones (excluding diaryl/α,β-unsaturated/α-hetero) is 2. The van der Waals surface area contributed by atoms with Crippen LogP contribution in [0, 0.1) is 5.41 Å². The predicted molar refractivity (Wildman–Crippen MR) is 95.1 cm³/mol. The summed E-state index contributed by atoms with van der Waals surface area (Å²) in [6.07, 6.45) is 0.0274. The van der Waals surface area contributed by atoms with E-state index in [0.717, 1.165) is 0 Å². The maximum Gasteiger partial charge on any atom is 0.313 e. The largest absolute Gasteiger partial charge is 0.438 e. The number of carbonyl (C=O) groups is 3. The molecule has 6 nitrogen and oxygen atoms in total. The zero-order chi connectivity index (χ0) is 20.1. The molecule has 0 aliphatic carbocycles. The van der Waals surface area contributed by atoms with E-state index < -0.39 is 28.7 Å². The van der Waals surface area contributed by atoms with E-state index in [1.54, 1.807) is 48.5 Å². The van der Waals surface area contributed by atoms with E-state index in [4.69, 9.17) is 14.2 Å². The van der Waals surface area contributed by atoms with Crippen molar-refractivity contribution in [2.24, 2.45) is 5.41 Å². The Morgan fingerprint density at radius 1 is 0.920 bits per heavy atom. The molecular formula is C19H34O6. The SMILES string of the molecule is CCC(C)(OC(C)C(=O)C(C)(CC)OCOC(=O)C(C)(C)C)C(C)=O. The number of rotatable bonds is 10. The molecule has 0 spiro atoms. The first-order chi connectivity index (χ1) is 11.2. The minimum atomic E-state index is -1.16. The number of hydrogen-bond acceptors (Lipinski definition) is 6. The van der Waals surface area contributed by atoms with Crippen molar-refractivity contribution in [2.75, 3.05) is 6.79 Å². The molecule has 0 saturated carbocycles. The summed E-state index contributed by atoms with van der Waals surface area (Å²) in [7, 11) is 0. The lowest BCUT2D eigenvalue weighted by atomic mass is 9.92. The summed E-state index contributed by atoms with van der Waals surface area (Å²) in [5.74, 6) is -0.826. The molecule has 0 rings (SSSR count). The summed E-state index contributed by atoms with van der Waals surface area (Å²) in [5.41, 5.74) is -2.82. The molecule has 0 aromatic carbocycles. The van der Waals surface area contributed by atoms with Gasteiger partial charge in [-0.2, -0.15) is 0 Å². The van der Waals surface area contributed by atoms with Gasteiger partial charge in [-0.3, -0.25) is 14.4 Å². The quantitative estimate of drug-likeness (QED) is 0.440. The van der Waals surface area contributed by atoms with Crippen molar-refractivity contribution in [2.45, 2.75) is 92.5 Å². The van der Waals surface area contributed by atoms with Crippen molar-refractivity contribution in [1.29, 1.82) is 0 Å². The third kappa shape index (κ3) is 6.51. The van der Waals surface area contributed by atoms with E-state index in [9.17, 15) is 14.4 Å². The lowest BCUT2D eigenvalue weighted by Crippen LogP contribution is -2.49. The van der Waals surface area contributed by atoms with Crippen LogP contribution in [0.4, 0.5) is 0 Å². The van der Waals surface area contributed by atoms with Crippen molar-refractivity contribution in [1.82, 2.24) is 0 Å². The summed E-state index contributed by atoms with van der Waals surface area (Å²) >= 11 is 0. The number of carbonyl (C=O) groups excluding carboxylic acids is 3. The van der Waals surface area contributed by atoms with E-state index in [2.05, 4.69) is 0 Å². The third-order valence-electron chi connectivity index (χ3n) is 4.60. The number of hydrogen-bond donors (Lipinski definition) is 0. The lowest BCUT2D eigenvalue weighted by Gasteiger charge is -2.34. The monoisotopic (exact) mass is 358 g/mol. The predicted octanol–water partition coefficient (Wildman–Crippen LogP) is 3.45. The molecule has 0 amide bonds. The topological polar surface area (TPSA) is 78.9 Å². The number of ether oxygens (including phenoxy) is 3. The number of esters is 1. The fourth-order valence-corrected chi connectivity index (χ4v) is 2.07. The fraction of sp³-hybridized carbons (Fsp3) is 0.842. The van der Waals surface area contributed by atoms with Gasteiger partial charge in [0.15, 0.2) is 18.4 Å². The maximum atomic E-state index is 12.8. The van der Waals surface area contributed by atoms with Crippen LogP contribution in [0.25, 0.3) is 0 Å². The normalized spacial score (nSPS) is 18.0. The van der Waals surface area contributed by atoms with E-state index in [-0.39, 0.29) is 18.4 Å². The van der Waals surface area contributed by atoms with Gasteiger partial charge in [-0.15, -0.1) is 0 Å². The molecule has 0 aliphatic rings. The van der Waals surface area contributed by atoms with Gasteiger partial charge in [0.2, 0.25) is 0 Å². The molecule has 3 atom stereocenters. The molecule has 0 N–H and O–H groups in total. The zero-order valence-corrected chi connectivity index (χ0v) is 17.1. The highest BCUT2D eigenvalue weighted by atomic mass is 16.7. The third-order valence-corrected chi connectivity index (χ3v) is 4.60. The van der Waals surface area contributed by atoms with E-state index in [1.165, 1.54) is 6.92 Å². The van der Waals surface area contributed by atoms with Gasteiger partial charge in [0.1, 0.15) is 17.3 Å². The van der Waals surface area contributed by atoms with E-state index >= 15 is 0 Å². The molecule has 146 valence electrons. The highest BCUT2D eigenvalue weighted by Gasteiger charge is 2.40. The number of ketones is 2. The van der Waals surface area contributed by atoms with Gasteiger partial charge in [0, 0.05) is 0 Å². The molecule has 0 radical (unpaired) electrons. The van der Waals surface area contributed by atoms with E-state index in [1.807, 2.05) is 6.92 Å². The standard InChI is InChI=1S/C19H34O6/c1-10-18(8,14(4)20)25-13(3)15(21)19(9,11-2)24-12-23-16(22)17(5,6)7/h13H,10-12H2,1-9H3. The Morgan fingerprint density at radius 2 is 1.40 bits per heavy atom. The lowest BCUT2D eigenvalue weighted by molar-refractivity contribution is -0.191. The van der Waals surface area contributed by atoms with Crippen molar-refractivity contribution in [3.63, 3.8) is 0 Å². The average Bonchev–Trinajstić information content (AvgIpc) is 2.52. The smallest absolute Gasteiger partial charge is 0.313 e. The van der Waals surface area contributed by atoms with E-state index in [0.29, 0.717) is 12.8 Å². The Morgan fingerprint density at radius 3 is 1.76 bits per heavy atom. The summed E-state index contributed by atoms with van der Waals surface area (Å²) in [5, 5.41) is 0. The maximum absolute atomic E-state index is 12.8. The Kier molecular flexibility index (Phi) is 8.45. The van der Waals surface area contributed by atoms with Gasteiger partial charge in [-0.05, 0) is 61.3 Å². The average molecular weight is 358 g/mol. The molecular weight excluding hydrogens is 324 g/mol. The molecule has 0 heterocycles. The van der Waals surface area contributed by atoms with Crippen LogP contribution >= 0.6 is 0 Å². The zero-order valence-electron chi connectivity index (χ0n) is 17.1. The molecule has 25 heavy (non-hydrogen) atoms. The van der Waals surface area contributed by atoms with Gasteiger partial charge >= 0.3 is 5.97 Å². The molecule has 6 heteroatoms. The van der Waals surface area contributed by atoms with Crippen LogP contribution in [0.2, 0.25) is 0 Å². The second-order valence-electron chi connectivity index (χ2n) is 7.79. The van der Waals surface area contributed by atoms with Crippen molar-refractivity contribution >= 4 is 17.5 Å². The minimum Gasteiger partial charge on any atom is -0.438 e. The first kappa shape index (κ1) is 23.7. The Labute approximate surface area is 151 Å². The van der Waals surface area contributed by atoms with Crippen molar-refractivity contribution < 1.29 is 28.6 Å². The first-order valence-corrected chi connectivity index (χ1v) is 8.78. The first-order valence-electron chi connectivity index (χ1n) is 8.78. The molecule has 0 bridgehead atoms. The van der Waals surface area contributed by atoms with Crippen LogP contribution in [0.5, 0.6) is 0 Å². The van der Waals surface area contributed by atoms with Crippen LogP contribution in [0.15, 0.2) is 0 Å². The highest BCUT2D eigenvalue weighted by molar-refractivity contribution is 5.91. The van der Waals surface area contributed by atoms with Crippen LogP contribution in [-0.2, 0) is 28.6 Å². The molecule has 0 aromatic rings. The van der Waals surface area contributed by atoms with Gasteiger partial charge in [-0.1, -0.05) is 13.8 Å². The van der Waals surface area contributed by atoms with Crippen LogP contribution < -0.4 is 0 Å². The van der Waals surface area contributed by atoms with Crippen molar-refractivity contribution in [3.05, 3.63) is 0 Å². The van der Waals surface area contributed by atoms with Crippen LogP contribution in [0.3, 0.4) is 0 Å². The van der Waals surface area contributed by atoms with Gasteiger partial charge < -0.3 is 14.2 Å². The summed E-state index contributed by atoms with van der Waals surface area (Å²) < 4.78 is 16.4. The summed E-state index contributed by atoms with van der Waals surface area (Å²) in [6, 6.07) is 0. The fourth-order valence-electron chi connectivity index (χ4n) is 2.07. The molecule has 0 aliphatic heterocycles. The summed E-state index contributed by atoms with van der Waals surface area (Å²) in [6.45, 7) is 14.9. The molecule has 0 saturated heterocycles. The second kappa shape index (κ2) is 8.90. The molecule has 3 unspecified atom stereocenters.